The fourth-order valence-corrected chi connectivity index (χ4v) is 5.65. The van der Waals surface area contributed by atoms with Crippen molar-refractivity contribution in [1.29, 1.82) is 0 Å². The highest BCUT2D eigenvalue weighted by atomic mass is 16.6. The smallest absolute Gasteiger partial charge is 0.307 e. The van der Waals surface area contributed by atoms with Crippen molar-refractivity contribution in [3.63, 3.8) is 0 Å². The fraction of sp³-hybridized carbons (Fsp3) is 0.786. The van der Waals surface area contributed by atoms with E-state index in [0.717, 1.165) is 38.5 Å². The summed E-state index contributed by atoms with van der Waals surface area (Å²) in [7, 11) is 1.37. The summed E-state index contributed by atoms with van der Waals surface area (Å²) in [6, 6.07) is 0. The molecule has 0 aromatic rings. The Bertz CT molecular complexity index is 800. The van der Waals surface area contributed by atoms with Crippen molar-refractivity contribution in [2.24, 2.45) is 23.7 Å². The Labute approximate surface area is 214 Å². The van der Waals surface area contributed by atoms with Gasteiger partial charge in [-0.15, -0.1) is 0 Å². The summed E-state index contributed by atoms with van der Waals surface area (Å²) in [6.45, 7) is 3.19. The highest BCUT2D eigenvalue weighted by Gasteiger charge is 2.36. The molecule has 0 aliphatic heterocycles. The zero-order valence-electron chi connectivity index (χ0n) is 22.1. The predicted molar refractivity (Wildman–Crippen MR) is 132 cm³/mol. The molecule has 0 spiro atoms. The van der Waals surface area contributed by atoms with Crippen LogP contribution in [0.25, 0.3) is 0 Å². The van der Waals surface area contributed by atoms with E-state index in [9.17, 15) is 28.8 Å². The minimum atomic E-state index is -1.26. The second kappa shape index (κ2) is 15.0. The minimum absolute atomic E-state index is 0.0360. The van der Waals surface area contributed by atoms with E-state index in [1.54, 1.807) is 13.8 Å². The van der Waals surface area contributed by atoms with Crippen molar-refractivity contribution in [3.05, 3.63) is 0 Å². The molecule has 202 valence electrons. The van der Waals surface area contributed by atoms with E-state index in [1.165, 1.54) is 7.11 Å². The van der Waals surface area contributed by atoms with Crippen LogP contribution in [0.2, 0.25) is 0 Å². The second-order valence-electron chi connectivity index (χ2n) is 10.9. The fourth-order valence-electron chi connectivity index (χ4n) is 5.65. The SMILES string of the molecule is COC(=O)CC1CCC(CC(C)=O)CCC(CC(C)=O)CCC(CC(=O)OC2C(=O)CCC2=O)CC1. The lowest BCUT2D eigenvalue weighted by Crippen LogP contribution is -2.29. The van der Waals surface area contributed by atoms with E-state index in [-0.39, 0.29) is 72.0 Å². The molecule has 2 saturated carbocycles. The van der Waals surface area contributed by atoms with Gasteiger partial charge in [-0.3, -0.25) is 19.2 Å². The first-order valence-corrected chi connectivity index (χ1v) is 13.4. The summed E-state index contributed by atoms with van der Waals surface area (Å²) in [4.78, 5) is 72.2. The van der Waals surface area contributed by atoms with E-state index >= 15 is 0 Å². The van der Waals surface area contributed by atoms with E-state index < -0.39 is 12.1 Å². The van der Waals surface area contributed by atoms with Crippen LogP contribution in [0.5, 0.6) is 0 Å². The van der Waals surface area contributed by atoms with Crippen LogP contribution in [0.3, 0.4) is 0 Å². The summed E-state index contributed by atoms with van der Waals surface area (Å²) in [5.41, 5.74) is 0. The van der Waals surface area contributed by atoms with Gasteiger partial charge in [-0.2, -0.15) is 0 Å². The Balaban J connectivity index is 2.12. The summed E-state index contributed by atoms with van der Waals surface area (Å²) >= 11 is 0. The van der Waals surface area contributed by atoms with Gasteiger partial charge in [0.1, 0.15) is 11.6 Å². The van der Waals surface area contributed by atoms with Crippen molar-refractivity contribution in [2.45, 2.75) is 110 Å². The molecule has 4 unspecified atom stereocenters. The molecular weight excluding hydrogens is 464 g/mol. The molecule has 2 aliphatic rings. The number of Topliss-reactive ketones (excluding diaryl/α,β-unsaturated/α-hetero) is 4. The van der Waals surface area contributed by atoms with Gasteiger partial charge in [0.15, 0.2) is 11.6 Å². The van der Waals surface area contributed by atoms with Crippen LogP contribution in [-0.4, -0.2) is 48.3 Å². The molecule has 0 N–H and O–H groups in total. The van der Waals surface area contributed by atoms with Crippen LogP contribution >= 0.6 is 0 Å². The van der Waals surface area contributed by atoms with Crippen molar-refractivity contribution < 1.29 is 38.2 Å². The van der Waals surface area contributed by atoms with Crippen molar-refractivity contribution in [2.75, 3.05) is 7.11 Å². The summed E-state index contributed by atoms with van der Waals surface area (Å²) < 4.78 is 10.2. The number of carbonyl (C=O) groups is 6. The lowest BCUT2D eigenvalue weighted by molar-refractivity contribution is -0.158. The van der Waals surface area contributed by atoms with Gasteiger partial charge in [-0.05, 0) is 88.9 Å². The number of esters is 2. The maximum Gasteiger partial charge on any atom is 0.307 e. The molecule has 0 heterocycles. The van der Waals surface area contributed by atoms with Gasteiger partial charge in [-0.25, -0.2) is 0 Å². The Morgan fingerprint density at radius 3 is 1.28 bits per heavy atom. The molecule has 2 fully saturated rings. The van der Waals surface area contributed by atoms with Crippen LogP contribution in [-0.2, 0) is 38.2 Å². The summed E-state index contributed by atoms with van der Waals surface area (Å²) in [6.07, 6.45) is 6.52. The number of ketones is 4. The van der Waals surface area contributed by atoms with Gasteiger partial charge in [0.05, 0.1) is 7.11 Å². The standard InChI is InChI=1S/C28H42O8/c1-18(29)14-20-4-5-21(15-19(2)30)7-9-23(11-10-22(8-6-20)16-26(33)35-3)17-27(34)36-28-24(31)12-13-25(28)32/h20-23,28H,4-17H2,1-3H3. The van der Waals surface area contributed by atoms with E-state index in [0.29, 0.717) is 32.1 Å². The van der Waals surface area contributed by atoms with Gasteiger partial charge in [0.25, 0.3) is 0 Å². The summed E-state index contributed by atoms with van der Waals surface area (Å²) in [5.74, 6) is -0.774. The van der Waals surface area contributed by atoms with Gasteiger partial charge in [0, 0.05) is 38.5 Å². The van der Waals surface area contributed by atoms with Gasteiger partial charge < -0.3 is 19.1 Å². The molecule has 2 aliphatic carbocycles. The lowest BCUT2D eigenvalue weighted by Gasteiger charge is -2.27. The van der Waals surface area contributed by atoms with Crippen LogP contribution < -0.4 is 0 Å². The number of methoxy groups -OCH3 is 1. The van der Waals surface area contributed by atoms with E-state index in [4.69, 9.17) is 9.47 Å². The van der Waals surface area contributed by atoms with Gasteiger partial charge in [-0.1, -0.05) is 0 Å². The molecular formula is C28H42O8. The number of carbonyl (C=O) groups excluding carboxylic acids is 6. The van der Waals surface area contributed by atoms with Crippen LogP contribution in [0.4, 0.5) is 0 Å². The Morgan fingerprint density at radius 1 is 0.611 bits per heavy atom. The normalized spacial score (nSPS) is 26.5. The Kier molecular flexibility index (Phi) is 12.4. The van der Waals surface area contributed by atoms with Gasteiger partial charge >= 0.3 is 11.9 Å². The first kappa shape index (κ1) is 29.8. The maximum atomic E-state index is 12.7. The molecule has 0 bridgehead atoms. The molecule has 0 saturated heterocycles. The maximum absolute atomic E-state index is 12.7. The topological polar surface area (TPSA) is 121 Å². The third-order valence-electron chi connectivity index (χ3n) is 7.68. The first-order chi connectivity index (χ1) is 17.1. The molecule has 4 atom stereocenters. The third kappa shape index (κ3) is 10.7. The van der Waals surface area contributed by atoms with Gasteiger partial charge in [0.2, 0.25) is 6.10 Å². The molecule has 8 heteroatoms. The number of hydrogen-bond acceptors (Lipinski definition) is 8. The number of hydrogen-bond donors (Lipinski definition) is 0. The average molecular weight is 507 g/mol. The predicted octanol–water partition coefficient (Wildman–Crippen LogP) is 4.34. The highest BCUT2D eigenvalue weighted by Crippen LogP contribution is 2.34. The third-order valence-corrected chi connectivity index (χ3v) is 7.68. The monoisotopic (exact) mass is 506 g/mol. The zero-order valence-corrected chi connectivity index (χ0v) is 22.1. The second-order valence-corrected chi connectivity index (χ2v) is 10.9. The molecule has 0 aromatic carbocycles. The zero-order chi connectivity index (χ0) is 26.7. The van der Waals surface area contributed by atoms with Crippen molar-refractivity contribution in [1.82, 2.24) is 0 Å². The minimum Gasteiger partial charge on any atom is -0.469 e. The molecule has 0 aromatic heterocycles. The van der Waals surface area contributed by atoms with Crippen LogP contribution in [0, 0.1) is 23.7 Å². The number of ether oxygens (including phenoxy) is 2. The van der Waals surface area contributed by atoms with Crippen LogP contribution in [0.1, 0.15) is 104 Å². The molecule has 0 amide bonds. The van der Waals surface area contributed by atoms with Crippen LogP contribution in [0.15, 0.2) is 0 Å². The van der Waals surface area contributed by atoms with Crippen molar-refractivity contribution >= 4 is 35.1 Å². The number of rotatable bonds is 9. The Hall–Kier alpha value is -2.38. The molecule has 0 radical (unpaired) electrons. The quantitative estimate of drug-likeness (QED) is 0.334. The lowest BCUT2D eigenvalue weighted by atomic mass is 9.79. The Morgan fingerprint density at radius 2 is 0.944 bits per heavy atom. The average Bonchev–Trinajstić information content (AvgIpc) is 3.11. The highest BCUT2D eigenvalue weighted by molar-refractivity contribution is 6.12. The van der Waals surface area contributed by atoms with Crippen molar-refractivity contribution in [3.8, 4) is 0 Å². The van der Waals surface area contributed by atoms with E-state index in [2.05, 4.69) is 0 Å². The summed E-state index contributed by atoms with van der Waals surface area (Å²) in [5, 5.41) is 0. The molecule has 8 nitrogen and oxygen atoms in total. The first-order valence-electron chi connectivity index (χ1n) is 13.4. The molecule has 2 rings (SSSR count). The largest absolute Gasteiger partial charge is 0.469 e. The molecule has 36 heavy (non-hydrogen) atoms. The van der Waals surface area contributed by atoms with E-state index in [1.807, 2.05) is 0 Å².